The maximum atomic E-state index is 12.9. The highest BCUT2D eigenvalue weighted by Crippen LogP contribution is 2.38. The molecule has 0 N–H and O–H groups in total. The Kier molecular flexibility index (Phi) is 5.90. The second kappa shape index (κ2) is 8.47. The van der Waals surface area contributed by atoms with Gasteiger partial charge in [0.15, 0.2) is 0 Å². The maximum absolute atomic E-state index is 12.9. The van der Waals surface area contributed by atoms with Gasteiger partial charge < -0.3 is 4.74 Å². The summed E-state index contributed by atoms with van der Waals surface area (Å²) in [5, 5.41) is 4.65. The van der Waals surface area contributed by atoms with Crippen LogP contribution in [0.2, 0.25) is 0 Å². The van der Waals surface area contributed by atoms with Crippen LogP contribution in [0.4, 0.5) is 0 Å². The van der Waals surface area contributed by atoms with Crippen LogP contribution in [0.1, 0.15) is 61.5 Å². The fraction of sp³-hybridized carbons (Fsp3) is 0.250. The monoisotopic (exact) mass is 474 g/mol. The number of benzene rings is 4. The van der Waals surface area contributed by atoms with Crippen molar-refractivity contribution in [3.05, 3.63) is 94.0 Å². The molecule has 31 heavy (non-hydrogen) atoms. The van der Waals surface area contributed by atoms with Crippen molar-refractivity contribution in [2.45, 2.75) is 45.6 Å². The van der Waals surface area contributed by atoms with Gasteiger partial charge in [-0.1, -0.05) is 62.4 Å². The number of esters is 1. The first-order chi connectivity index (χ1) is 14.8. The lowest BCUT2D eigenvalue weighted by molar-refractivity contribution is -0.00336. The molecule has 2 nitrogen and oxygen atoms in total. The first-order valence-corrected chi connectivity index (χ1v) is 11.5. The molecule has 0 aromatic heterocycles. The average molecular weight is 475 g/mol. The number of hydrogen-bond acceptors (Lipinski definition) is 2. The van der Waals surface area contributed by atoms with Crippen molar-refractivity contribution in [3.8, 4) is 0 Å². The predicted molar refractivity (Wildman–Crippen MR) is 133 cm³/mol. The minimum atomic E-state index is -0.787. The third-order valence-electron chi connectivity index (χ3n) is 6.14. The lowest BCUT2D eigenvalue weighted by atomic mass is 9.93. The molecule has 4 aromatic carbocycles. The van der Waals surface area contributed by atoms with Gasteiger partial charge in [-0.2, -0.15) is 0 Å². The number of ether oxygens (including phenoxy) is 1. The van der Waals surface area contributed by atoms with Gasteiger partial charge >= 0.3 is 5.97 Å². The topological polar surface area (TPSA) is 26.3 Å². The van der Waals surface area contributed by atoms with Gasteiger partial charge in [-0.05, 0) is 93.5 Å². The smallest absolute Gasteiger partial charge is 0.338 e. The molecule has 0 saturated heterocycles. The van der Waals surface area contributed by atoms with E-state index in [4.69, 9.17) is 4.74 Å². The van der Waals surface area contributed by atoms with E-state index in [9.17, 15) is 4.79 Å². The van der Waals surface area contributed by atoms with Crippen molar-refractivity contribution in [2.24, 2.45) is 0 Å². The molecule has 4 aromatic rings. The summed E-state index contributed by atoms with van der Waals surface area (Å²) in [5.74, 6) is 0.164. The van der Waals surface area contributed by atoms with Crippen molar-refractivity contribution < 1.29 is 9.53 Å². The zero-order chi connectivity index (χ0) is 22.2. The van der Waals surface area contributed by atoms with Crippen molar-refractivity contribution in [2.75, 3.05) is 0 Å². The molecule has 3 heteroatoms. The summed E-state index contributed by atoms with van der Waals surface area (Å²) < 4.78 is 6.94. The van der Waals surface area contributed by atoms with E-state index in [-0.39, 0.29) is 5.97 Å². The molecular weight excluding hydrogens is 448 g/mol. The standard InChI is InChI=1S/C28H27BrO2/c1-5-18(2)19-10-12-20(13-11-19)27(30)31-28(3,4)25-15-14-23-16-21-8-6-7-9-22(21)17-24(23)26(25)29/h6-18H,5H2,1-4H3. The van der Waals surface area contributed by atoms with Gasteiger partial charge in [0.2, 0.25) is 0 Å². The number of carbonyl (C=O) groups is 1. The summed E-state index contributed by atoms with van der Waals surface area (Å²) in [4.78, 5) is 12.9. The van der Waals surface area contributed by atoms with E-state index < -0.39 is 5.60 Å². The molecular formula is C28H27BrO2. The first kappa shape index (κ1) is 21.6. The maximum Gasteiger partial charge on any atom is 0.338 e. The Labute approximate surface area is 192 Å². The SMILES string of the molecule is CCC(C)c1ccc(C(=O)OC(C)(C)c2ccc3cc4ccccc4cc3c2Br)cc1. The summed E-state index contributed by atoms with van der Waals surface area (Å²) in [6.07, 6.45) is 1.07. The summed E-state index contributed by atoms with van der Waals surface area (Å²) in [7, 11) is 0. The van der Waals surface area contributed by atoms with Crippen LogP contribution in [0.15, 0.2) is 77.3 Å². The van der Waals surface area contributed by atoms with Crippen molar-refractivity contribution in [1.82, 2.24) is 0 Å². The molecule has 0 saturated carbocycles. The summed E-state index contributed by atoms with van der Waals surface area (Å²) in [6, 6.07) is 24.6. The number of halogens is 1. The fourth-order valence-electron chi connectivity index (χ4n) is 3.97. The second-order valence-corrected chi connectivity index (χ2v) is 9.47. The number of hydrogen-bond donors (Lipinski definition) is 0. The molecule has 1 unspecified atom stereocenters. The van der Waals surface area contributed by atoms with E-state index in [0.29, 0.717) is 11.5 Å². The minimum Gasteiger partial charge on any atom is -0.451 e. The largest absolute Gasteiger partial charge is 0.451 e. The lowest BCUT2D eigenvalue weighted by Gasteiger charge is -2.27. The third-order valence-corrected chi connectivity index (χ3v) is 7.00. The lowest BCUT2D eigenvalue weighted by Crippen LogP contribution is -2.26. The van der Waals surface area contributed by atoms with Gasteiger partial charge in [0.05, 0.1) is 5.56 Å². The zero-order valence-electron chi connectivity index (χ0n) is 18.4. The van der Waals surface area contributed by atoms with Crippen LogP contribution in [0, 0.1) is 0 Å². The second-order valence-electron chi connectivity index (χ2n) is 8.68. The highest BCUT2D eigenvalue weighted by Gasteiger charge is 2.29. The average Bonchev–Trinajstić information content (AvgIpc) is 2.77. The molecule has 0 bridgehead atoms. The van der Waals surface area contributed by atoms with Gasteiger partial charge in [0, 0.05) is 10.0 Å². The van der Waals surface area contributed by atoms with E-state index >= 15 is 0 Å². The first-order valence-electron chi connectivity index (χ1n) is 10.7. The molecule has 0 radical (unpaired) electrons. The Morgan fingerprint density at radius 2 is 1.58 bits per heavy atom. The van der Waals surface area contributed by atoms with Crippen molar-refractivity contribution in [1.29, 1.82) is 0 Å². The molecule has 0 aliphatic carbocycles. The quantitative estimate of drug-likeness (QED) is 0.214. The minimum absolute atomic E-state index is 0.314. The molecule has 0 spiro atoms. The molecule has 0 heterocycles. The Morgan fingerprint density at radius 3 is 2.23 bits per heavy atom. The Balaban J connectivity index is 1.65. The summed E-state index contributed by atoms with van der Waals surface area (Å²) in [6.45, 7) is 8.23. The van der Waals surface area contributed by atoms with Crippen LogP contribution < -0.4 is 0 Å². The van der Waals surface area contributed by atoms with Gasteiger partial charge in [-0.3, -0.25) is 0 Å². The van der Waals surface area contributed by atoms with Crippen LogP contribution >= 0.6 is 15.9 Å². The van der Waals surface area contributed by atoms with E-state index in [2.05, 4.69) is 66.2 Å². The van der Waals surface area contributed by atoms with Crippen LogP contribution in [-0.2, 0) is 10.3 Å². The summed E-state index contributed by atoms with van der Waals surface area (Å²) in [5.41, 5.74) is 1.97. The molecule has 0 aliphatic rings. The molecule has 4 rings (SSSR count). The Morgan fingerprint density at radius 1 is 0.935 bits per heavy atom. The molecule has 0 fully saturated rings. The van der Waals surface area contributed by atoms with Crippen LogP contribution in [-0.4, -0.2) is 5.97 Å². The van der Waals surface area contributed by atoms with E-state index in [1.165, 1.54) is 16.3 Å². The van der Waals surface area contributed by atoms with Crippen LogP contribution in [0.25, 0.3) is 21.5 Å². The number of carbonyl (C=O) groups excluding carboxylic acids is 1. The molecule has 158 valence electrons. The van der Waals surface area contributed by atoms with Gasteiger partial charge in [0.25, 0.3) is 0 Å². The van der Waals surface area contributed by atoms with Crippen LogP contribution in [0.3, 0.4) is 0 Å². The molecule has 0 amide bonds. The number of rotatable bonds is 5. The van der Waals surface area contributed by atoms with Crippen molar-refractivity contribution >= 4 is 43.4 Å². The van der Waals surface area contributed by atoms with Crippen molar-refractivity contribution in [3.63, 3.8) is 0 Å². The Bertz CT molecular complexity index is 1260. The normalized spacial score (nSPS) is 12.8. The zero-order valence-corrected chi connectivity index (χ0v) is 20.0. The van der Waals surface area contributed by atoms with Gasteiger partial charge in [-0.15, -0.1) is 0 Å². The third kappa shape index (κ3) is 4.24. The van der Waals surface area contributed by atoms with Crippen LogP contribution in [0.5, 0.6) is 0 Å². The van der Waals surface area contributed by atoms with Gasteiger partial charge in [0.1, 0.15) is 5.60 Å². The molecule has 1 atom stereocenters. The number of fused-ring (bicyclic) bond motifs is 2. The van der Waals surface area contributed by atoms with E-state index in [1.807, 2.05) is 50.2 Å². The fourth-order valence-corrected chi connectivity index (χ4v) is 4.92. The highest BCUT2D eigenvalue weighted by molar-refractivity contribution is 9.10. The van der Waals surface area contributed by atoms with E-state index in [0.717, 1.165) is 27.2 Å². The Hall–Kier alpha value is -2.65. The predicted octanol–water partition coefficient (Wildman–Crippen LogP) is 8.36. The summed E-state index contributed by atoms with van der Waals surface area (Å²) >= 11 is 3.79. The van der Waals surface area contributed by atoms with Gasteiger partial charge in [-0.25, -0.2) is 4.79 Å². The van der Waals surface area contributed by atoms with E-state index in [1.54, 1.807) is 0 Å². The highest BCUT2D eigenvalue weighted by atomic mass is 79.9. The molecule has 0 aliphatic heterocycles.